The van der Waals surface area contributed by atoms with Crippen molar-refractivity contribution in [1.82, 2.24) is 25.2 Å². The highest BCUT2D eigenvalue weighted by molar-refractivity contribution is 6.04. The number of carbonyl (C=O) groups excluding carboxylic acids is 1. The van der Waals surface area contributed by atoms with Crippen LogP contribution >= 0.6 is 0 Å². The molecule has 1 amide bonds. The van der Waals surface area contributed by atoms with Gasteiger partial charge in [0.25, 0.3) is 5.91 Å². The molecule has 0 spiro atoms. The summed E-state index contributed by atoms with van der Waals surface area (Å²) in [5.74, 6) is 0.243. The number of hydrogen-bond acceptors (Lipinski definition) is 4. The smallest absolute Gasteiger partial charge is 0.260 e. The SMILES string of the molecule is O=C(Nc1cn[nH]n1)c1cnn2c1CCCC2. The lowest BCUT2D eigenvalue weighted by atomic mass is 10.1. The Morgan fingerprint density at radius 3 is 3.18 bits per heavy atom. The molecular weight excluding hydrogens is 220 g/mol. The number of rotatable bonds is 2. The number of anilines is 1. The van der Waals surface area contributed by atoms with Gasteiger partial charge in [0.15, 0.2) is 5.82 Å². The van der Waals surface area contributed by atoms with Crippen molar-refractivity contribution in [3.63, 3.8) is 0 Å². The summed E-state index contributed by atoms with van der Waals surface area (Å²) in [6.45, 7) is 0.895. The summed E-state index contributed by atoms with van der Waals surface area (Å²) in [6.07, 6.45) is 6.22. The molecule has 0 saturated carbocycles. The van der Waals surface area contributed by atoms with E-state index in [4.69, 9.17) is 0 Å². The Labute approximate surface area is 97.2 Å². The number of carbonyl (C=O) groups is 1. The molecule has 3 heterocycles. The van der Waals surface area contributed by atoms with Gasteiger partial charge in [0.1, 0.15) is 0 Å². The minimum Gasteiger partial charge on any atom is -0.304 e. The van der Waals surface area contributed by atoms with Gasteiger partial charge in [0.05, 0.1) is 23.7 Å². The van der Waals surface area contributed by atoms with Gasteiger partial charge in [-0.2, -0.15) is 15.4 Å². The predicted octanol–water partition coefficient (Wildman–Crippen LogP) is 0.590. The largest absolute Gasteiger partial charge is 0.304 e. The van der Waals surface area contributed by atoms with Gasteiger partial charge in [-0.3, -0.25) is 9.48 Å². The first-order chi connectivity index (χ1) is 8.34. The number of nitrogens with zero attached hydrogens (tertiary/aromatic N) is 4. The van der Waals surface area contributed by atoms with Crippen LogP contribution in [0.15, 0.2) is 12.4 Å². The minimum absolute atomic E-state index is 0.179. The van der Waals surface area contributed by atoms with Gasteiger partial charge in [-0.15, -0.1) is 5.10 Å². The van der Waals surface area contributed by atoms with Crippen molar-refractivity contribution in [3.05, 3.63) is 23.7 Å². The van der Waals surface area contributed by atoms with Crippen molar-refractivity contribution in [2.75, 3.05) is 5.32 Å². The number of H-pyrrole nitrogens is 1. The molecule has 0 bridgehead atoms. The molecule has 0 fully saturated rings. The van der Waals surface area contributed by atoms with Crippen LogP contribution < -0.4 is 5.32 Å². The van der Waals surface area contributed by atoms with Crippen molar-refractivity contribution in [3.8, 4) is 0 Å². The molecule has 7 heteroatoms. The third-order valence-corrected chi connectivity index (χ3v) is 2.88. The summed E-state index contributed by atoms with van der Waals surface area (Å²) in [5, 5.41) is 16.8. The summed E-state index contributed by atoms with van der Waals surface area (Å²) in [6, 6.07) is 0. The van der Waals surface area contributed by atoms with Crippen molar-refractivity contribution in [2.45, 2.75) is 25.8 Å². The van der Waals surface area contributed by atoms with Crippen LogP contribution in [-0.4, -0.2) is 31.1 Å². The lowest BCUT2D eigenvalue weighted by molar-refractivity contribution is 0.102. The van der Waals surface area contributed by atoms with E-state index in [0.717, 1.165) is 31.5 Å². The molecule has 2 aromatic rings. The highest BCUT2D eigenvalue weighted by atomic mass is 16.1. The second-order valence-electron chi connectivity index (χ2n) is 3.99. The molecule has 0 unspecified atom stereocenters. The monoisotopic (exact) mass is 232 g/mol. The molecule has 0 saturated heterocycles. The van der Waals surface area contributed by atoms with E-state index in [1.54, 1.807) is 6.20 Å². The van der Waals surface area contributed by atoms with Crippen LogP contribution in [0.25, 0.3) is 0 Å². The van der Waals surface area contributed by atoms with Crippen LogP contribution in [0.5, 0.6) is 0 Å². The molecule has 3 rings (SSSR count). The molecule has 7 nitrogen and oxygen atoms in total. The molecule has 0 aromatic carbocycles. The van der Waals surface area contributed by atoms with E-state index < -0.39 is 0 Å². The van der Waals surface area contributed by atoms with Crippen LogP contribution in [0.2, 0.25) is 0 Å². The summed E-state index contributed by atoms with van der Waals surface area (Å²) < 4.78 is 1.90. The minimum atomic E-state index is -0.179. The molecule has 0 aliphatic carbocycles. The number of aromatic amines is 1. The normalized spacial score (nSPS) is 14.4. The zero-order chi connectivity index (χ0) is 11.7. The Morgan fingerprint density at radius 2 is 2.35 bits per heavy atom. The second-order valence-corrected chi connectivity index (χ2v) is 3.99. The van der Waals surface area contributed by atoms with Crippen molar-refractivity contribution in [1.29, 1.82) is 0 Å². The summed E-state index contributed by atoms with van der Waals surface area (Å²) >= 11 is 0. The Morgan fingerprint density at radius 1 is 1.41 bits per heavy atom. The Hall–Kier alpha value is -2.18. The maximum atomic E-state index is 12.0. The van der Waals surface area contributed by atoms with Crippen LogP contribution in [0.4, 0.5) is 5.82 Å². The van der Waals surface area contributed by atoms with E-state index in [0.29, 0.717) is 11.4 Å². The Bertz CT molecular complexity index is 529. The van der Waals surface area contributed by atoms with Crippen LogP contribution in [0.1, 0.15) is 28.9 Å². The first-order valence-corrected chi connectivity index (χ1v) is 5.56. The fourth-order valence-corrected chi connectivity index (χ4v) is 2.06. The van der Waals surface area contributed by atoms with Gasteiger partial charge in [-0.25, -0.2) is 0 Å². The lowest BCUT2D eigenvalue weighted by Crippen LogP contribution is -2.17. The average Bonchev–Trinajstić information content (AvgIpc) is 2.96. The number of hydrogen-bond donors (Lipinski definition) is 2. The molecule has 2 N–H and O–H groups in total. The number of fused-ring (bicyclic) bond motifs is 1. The van der Waals surface area contributed by atoms with Gasteiger partial charge in [-0.1, -0.05) is 0 Å². The van der Waals surface area contributed by atoms with Gasteiger partial charge in [0.2, 0.25) is 0 Å². The highest BCUT2D eigenvalue weighted by Crippen LogP contribution is 2.18. The molecule has 88 valence electrons. The average molecular weight is 232 g/mol. The van der Waals surface area contributed by atoms with Gasteiger partial charge in [-0.05, 0) is 19.3 Å². The van der Waals surface area contributed by atoms with E-state index in [1.807, 2.05) is 4.68 Å². The van der Waals surface area contributed by atoms with Crippen molar-refractivity contribution < 1.29 is 4.79 Å². The first-order valence-electron chi connectivity index (χ1n) is 5.56. The lowest BCUT2D eigenvalue weighted by Gasteiger charge is -2.14. The standard InChI is InChI=1S/C10H12N6O/c17-10(13-9-6-11-15-14-9)7-5-12-16-4-2-1-3-8(7)16/h5-6H,1-4H2,(H2,11,13,14,15,17). The summed E-state index contributed by atoms with van der Waals surface area (Å²) in [5.41, 5.74) is 1.64. The van der Waals surface area contributed by atoms with Gasteiger partial charge < -0.3 is 5.32 Å². The topological polar surface area (TPSA) is 88.5 Å². The fraction of sp³-hybridized carbons (Fsp3) is 0.400. The number of aryl methyl sites for hydroxylation is 1. The van der Waals surface area contributed by atoms with E-state index in [1.165, 1.54) is 6.20 Å². The van der Waals surface area contributed by atoms with Crippen LogP contribution in [-0.2, 0) is 13.0 Å². The van der Waals surface area contributed by atoms with E-state index in [2.05, 4.69) is 25.8 Å². The molecule has 1 aliphatic heterocycles. The predicted molar refractivity (Wildman–Crippen MR) is 59.5 cm³/mol. The number of amides is 1. The summed E-state index contributed by atoms with van der Waals surface area (Å²) in [4.78, 5) is 12.0. The fourth-order valence-electron chi connectivity index (χ4n) is 2.06. The molecule has 17 heavy (non-hydrogen) atoms. The van der Waals surface area contributed by atoms with Crippen molar-refractivity contribution in [2.24, 2.45) is 0 Å². The molecule has 1 aliphatic rings. The molecule has 2 aromatic heterocycles. The zero-order valence-corrected chi connectivity index (χ0v) is 9.18. The quantitative estimate of drug-likeness (QED) is 0.793. The Balaban J connectivity index is 1.84. The maximum absolute atomic E-state index is 12.0. The third-order valence-electron chi connectivity index (χ3n) is 2.88. The Kier molecular flexibility index (Phi) is 2.36. The van der Waals surface area contributed by atoms with Crippen molar-refractivity contribution >= 4 is 11.7 Å². The third kappa shape index (κ3) is 1.79. The highest BCUT2D eigenvalue weighted by Gasteiger charge is 2.20. The summed E-state index contributed by atoms with van der Waals surface area (Å²) in [7, 11) is 0. The number of aromatic nitrogens is 5. The molecule has 0 atom stereocenters. The van der Waals surface area contributed by atoms with Gasteiger partial charge >= 0.3 is 0 Å². The van der Waals surface area contributed by atoms with Crippen LogP contribution in [0.3, 0.4) is 0 Å². The number of nitrogens with one attached hydrogen (secondary N) is 2. The van der Waals surface area contributed by atoms with E-state index in [9.17, 15) is 4.79 Å². The first kappa shape index (κ1) is 10.0. The maximum Gasteiger partial charge on any atom is 0.260 e. The molecule has 0 radical (unpaired) electrons. The van der Waals surface area contributed by atoms with E-state index >= 15 is 0 Å². The van der Waals surface area contributed by atoms with E-state index in [-0.39, 0.29) is 5.91 Å². The van der Waals surface area contributed by atoms with Gasteiger partial charge in [0, 0.05) is 6.54 Å². The zero-order valence-electron chi connectivity index (χ0n) is 9.18. The second kappa shape index (κ2) is 4.00. The molecular formula is C10H12N6O. The van der Waals surface area contributed by atoms with Crippen LogP contribution in [0, 0.1) is 0 Å².